The molecule has 3 heterocycles. The highest BCUT2D eigenvalue weighted by atomic mass is 35.5. The van der Waals surface area contributed by atoms with Gasteiger partial charge in [0.1, 0.15) is 22.5 Å². The zero-order valence-electron chi connectivity index (χ0n) is 18.1. The number of nitrogens with zero attached hydrogens (tertiary/aromatic N) is 3. The molecule has 0 amide bonds. The third-order valence-corrected chi connectivity index (χ3v) is 8.24. The smallest absolute Gasteiger partial charge is 0.248 e. The van der Waals surface area contributed by atoms with Crippen molar-refractivity contribution in [2.75, 3.05) is 23.7 Å². The van der Waals surface area contributed by atoms with Crippen molar-refractivity contribution >= 4 is 50.7 Å². The number of aromatic hydroxyl groups is 1. The van der Waals surface area contributed by atoms with Crippen molar-refractivity contribution in [2.24, 2.45) is 0 Å². The number of sulfonamides is 1. The first-order valence-corrected chi connectivity index (χ1v) is 12.8. The lowest BCUT2D eigenvalue weighted by Gasteiger charge is -2.19. The van der Waals surface area contributed by atoms with Crippen LogP contribution >= 0.6 is 23.3 Å². The van der Waals surface area contributed by atoms with Gasteiger partial charge in [0.25, 0.3) is 0 Å². The lowest BCUT2D eigenvalue weighted by Crippen LogP contribution is -2.28. The summed E-state index contributed by atoms with van der Waals surface area (Å²) in [6.45, 7) is 8.53. The molecule has 1 saturated heterocycles. The number of hydrogen-bond donors (Lipinski definition) is 3. The van der Waals surface area contributed by atoms with Gasteiger partial charge >= 0.3 is 0 Å². The van der Waals surface area contributed by atoms with Crippen molar-refractivity contribution in [3.8, 4) is 5.75 Å². The molecule has 3 N–H and O–H groups in total. The zero-order valence-corrected chi connectivity index (χ0v) is 20.5. The Morgan fingerprint density at radius 2 is 1.94 bits per heavy atom. The number of rotatable bonds is 8. The number of halogens is 1. The molecule has 0 saturated carbocycles. The van der Waals surface area contributed by atoms with Gasteiger partial charge in [0, 0.05) is 13.1 Å². The van der Waals surface area contributed by atoms with Crippen molar-refractivity contribution in [1.29, 1.82) is 0 Å². The molecule has 12 heteroatoms. The fourth-order valence-corrected chi connectivity index (χ4v) is 6.21. The predicted molar refractivity (Wildman–Crippen MR) is 129 cm³/mol. The van der Waals surface area contributed by atoms with Crippen LogP contribution in [0, 0.1) is 6.92 Å². The number of anilines is 3. The van der Waals surface area contributed by atoms with Crippen molar-refractivity contribution in [3.63, 3.8) is 0 Å². The van der Waals surface area contributed by atoms with Gasteiger partial charge in [-0.3, -0.25) is 0 Å². The SMILES string of the molecule is C=C(C)[C@@H](Nc1nsnc1Nc1ccc(Cl)c(S(=O)(=O)N2CCCC2)c1O)c1ccc(C)o1. The summed E-state index contributed by atoms with van der Waals surface area (Å²) in [5, 5.41) is 17.0. The predicted octanol–water partition coefficient (Wildman–Crippen LogP) is 5.06. The Labute approximate surface area is 201 Å². The number of aromatic nitrogens is 2. The fourth-order valence-electron chi connectivity index (χ4n) is 3.63. The normalized spacial score (nSPS) is 15.5. The first-order valence-electron chi connectivity index (χ1n) is 10.3. The molecule has 0 spiro atoms. The summed E-state index contributed by atoms with van der Waals surface area (Å²) >= 11 is 7.16. The van der Waals surface area contributed by atoms with Crippen molar-refractivity contribution in [3.05, 3.63) is 53.0 Å². The molecule has 2 aromatic heterocycles. The average Bonchev–Trinajstić information content (AvgIpc) is 3.50. The minimum absolute atomic E-state index is 0.0461. The van der Waals surface area contributed by atoms with Gasteiger partial charge in [-0.05, 0) is 51.0 Å². The van der Waals surface area contributed by atoms with E-state index < -0.39 is 15.8 Å². The summed E-state index contributed by atoms with van der Waals surface area (Å²) in [5.74, 6) is 1.70. The molecule has 0 bridgehead atoms. The summed E-state index contributed by atoms with van der Waals surface area (Å²) in [6, 6.07) is 6.29. The Bertz CT molecular complexity index is 1280. The second kappa shape index (κ2) is 9.34. The molecule has 1 aromatic carbocycles. The van der Waals surface area contributed by atoms with Crippen molar-refractivity contribution < 1.29 is 17.9 Å². The molecule has 9 nitrogen and oxygen atoms in total. The molecule has 4 rings (SSSR count). The van der Waals surface area contributed by atoms with Crippen LogP contribution in [0.25, 0.3) is 0 Å². The van der Waals surface area contributed by atoms with E-state index in [-0.39, 0.29) is 21.6 Å². The molecule has 1 aliphatic heterocycles. The number of benzene rings is 1. The van der Waals surface area contributed by atoms with E-state index in [0.29, 0.717) is 30.5 Å². The van der Waals surface area contributed by atoms with E-state index in [0.717, 1.165) is 35.9 Å². The van der Waals surface area contributed by atoms with Gasteiger partial charge in [0.2, 0.25) is 10.0 Å². The molecule has 0 aliphatic carbocycles. The maximum Gasteiger partial charge on any atom is 0.248 e. The van der Waals surface area contributed by atoms with Crippen LogP contribution in [0.2, 0.25) is 5.02 Å². The highest BCUT2D eigenvalue weighted by molar-refractivity contribution is 7.89. The zero-order chi connectivity index (χ0) is 23.8. The fraction of sp³-hybridized carbons (Fsp3) is 0.333. The van der Waals surface area contributed by atoms with Gasteiger partial charge in [-0.2, -0.15) is 13.1 Å². The topological polar surface area (TPSA) is 121 Å². The molecule has 0 radical (unpaired) electrons. The van der Waals surface area contributed by atoms with E-state index in [4.69, 9.17) is 16.0 Å². The Morgan fingerprint density at radius 1 is 1.24 bits per heavy atom. The van der Waals surface area contributed by atoms with Crippen molar-refractivity contribution in [2.45, 2.75) is 37.6 Å². The maximum atomic E-state index is 13.1. The number of aryl methyl sites for hydroxylation is 1. The second-order valence-corrected chi connectivity index (χ2v) is 10.7. The van der Waals surface area contributed by atoms with E-state index in [2.05, 4.69) is 26.0 Å². The Balaban J connectivity index is 1.64. The van der Waals surface area contributed by atoms with Gasteiger partial charge < -0.3 is 20.2 Å². The Kier molecular flexibility index (Phi) is 6.66. The number of phenols is 1. The molecule has 0 unspecified atom stereocenters. The first kappa shape index (κ1) is 23.6. The van der Waals surface area contributed by atoms with Crippen LogP contribution in [0.1, 0.15) is 37.3 Å². The van der Waals surface area contributed by atoms with E-state index in [9.17, 15) is 13.5 Å². The summed E-state index contributed by atoms with van der Waals surface area (Å²) in [6.07, 6.45) is 1.54. The summed E-state index contributed by atoms with van der Waals surface area (Å²) in [4.78, 5) is -0.320. The number of phenolic OH excluding ortho intramolecular Hbond substituents is 1. The quantitative estimate of drug-likeness (QED) is 0.285. The van der Waals surface area contributed by atoms with E-state index in [1.165, 1.54) is 16.4 Å². The van der Waals surface area contributed by atoms with Crippen molar-refractivity contribution in [1.82, 2.24) is 13.1 Å². The van der Waals surface area contributed by atoms with Gasteiger partial charge in [-0.15, -0.1) is 0 Å². The number of hydrogen-bond acceptors (Lipinski definition) is 9. The monoisotopic (exact) mass is 509 g/mol. The molecule has 1 atom stereocenters. The van der Waals surface area contributed by atoms with Crippen LogP contribution in [-0.4, -0.2) is 39.7 Å². The van der Waals surface area contributed by atoms with Crippen LogP contribution in [0.15, 0.2) is 45.7 Å². The first-order chi connectivity index (χ1) is 15.7. The van der Waals surface area contributed by atoms with E-state index >= 15 is 0 Å². The standard InChI is InChI=1S/C21H24ClN5O4S2/c1-12(2)17(16-9-6-13(3)31-16)24-21-20(25-32-26-21)23-15-8-7-14(22)19(18(15)28)33(29,30)27-10-4-5-11-27/h6-9,17,28H,1,4-5,10-11H2,2-3H3,(H,23,25)(H,24,26)/t17-/m1/s1. The molecule has 33 heavy (non-hydrogen) atoms. The van der Waals surface area contributed by atoms with E-state index in [1.54, 1.807) is 0 Å². The third-order valence-electron chi connectivity index (χ3n) is 5.31. The number of furan rings is 1. The average molecular weight is 510 g/mol. The largest absolute Gasteiger partial charge is 0.504 e. The minimum Gasteiger partial charge on any atom is -0.504 e. The van der Waals surface area contributed by atoms with Crippen LogP contribution in [0.3, 0.4) is 0 Å². The van der Waals surface area contributed by atoms with Gasteiger partial charge in [0.05, 0.1) is 22.4 Å². The third kappa shape index (κ3) is 4.72. The Hall–Kier alpha value is -2.60. The highest BCUT2D eigenvalue weighted by Gasteiger charge is 2.33. The second-order valence-electron chi connectivity index (χ2n) is 7.84. The van der Waals surface area contributed by atoms with Gasteiger partial charge in [-0.25, -0.2) is 8.42 Å². The summed E-state index contributed by atoms with van der Waals surface area (Å²) in [5.41, 5.74) is 0.949. The molecule has 1 aliphatic rings. The molecular formula is C21H24ClN5O4S2. The van der Waals surface area contributed by atoms with Crippen LogP contribution in [0.4, 0.5) is 17.3 Å². The summed E-state index contributed by atoms with van der Waals surface area (Å²) in [7, 11) is -3.94. The lowest BCUT2D eigenvalue weighted by atomic mass is 10.1. The van der Waals surface area contributed by atoms with Gasteiger partial charge in [0.15, 0.2) is 17.4 Å². The molecule has 3 aromatic rings. The molecule has 1 fully saturated rings. The lowest BCUT2D eigenvalue weighted by molar-refractivity contribution is 0.445. The highest BCUT2D eigenvalue weighted by Crippen LogP contribution is 2.41. The summed E-state index contributed by atoms with van der Waals surface area (Å²) < 4.78 is 41.7. The minimum atomic E-state index is -3.94. The maximum absolute atomic E-state index is 13.1. The van der Waals surface area contributed by atoms with Crippen LogP contribution in [0.5, 0.6) is 5.75 Å². The Morgan fingerprint density at radius 3 is 2.58 bits per heavy atom. The molecule has 176 valence electrons. The van der Waals surface area contributed by atoms with Gasteiger partial charge in [-0.1, -0.05) is 23.8 Å². The van der Waals surface area contributed by atoms with E-state index in [1.807, 2.05) is 26.0 Å². The van der Waals surface area contributed by atoms with Crippen LogP contribution < -0.4 is 10.6 Å². The van der Waals surface area contributed by atoms with Crippen LogP contribution in [-0.2, 0) is 10.0 Å². The number of nitrogens with one attached hydrogen (secondary N) is 2. The molecular weight excluding hydrogens is 486 g/mol.